The monoisotopic (exact) mass is 251 g/mol. The molecule has 0 aliphatic carbocycles. The highest BCUT2D eigenvalue weighted by Gasteiger charge is 2.07. The zero-order valence-electron chi connectivity index (χ0n) is 9.69. The van der Waals surface area contributed by atoms with E-state index in [1.165, 1.54) is 24.3 Å². The number of hydrogen-bond donors (Lipinski definition) is 4. The molecule has 0 atom stereocenters. The second kappa shape index (κ2) is 6.24. The summed E-state index contributed by atoms with van der Waals surface area (Å²) in [7, 11) is 0. The molecule has 0 aromatic heterocycles. The van der Waals surface area contributed by atoms with Crippen LogP contribution in [0.3, 0.4) is 0 Å². The molecule has 0 aliphatic rings. The minimum atomic E-state index is -1.16. The quantitative estimate of drug-likeness (QED) is 0.485. The van der Waals surface area contributed by atoms with E-state index in [0.717, 1.165) is 0 Å². The highest BCUT2D eigenvalue weighted by Crippen LogP contribution is 2.09. The SMILES string of the molecule is CCOC(=O)NC(=N)c1ccc(NC(=O)O)cc1. The Bertz CT molecular complexity index is 456. The third kappa shape index (κ3) is 4.12. The van der Waals surface area contributed by atoms with Crippen LogP contribution in [0, 0.1) is 5.41 Å². The fourth-order valence-electron chi connectivity index (χ4n) is 1.19. The van der Waals surface area contributed by atoms with Crippen molar-refractivity contribution >= 4 is 23.7 Å². The molecule has 1 rings (SSSR count). The van der Waals surface area contributed by atoms with Crippen LogP contribution in [0.15, 0.2) is 24.3 Å². The van der Waals surface area contributed by atoms with Crippen molar-refractivity contribution in [1.82, 2.24) is 5.32 Å². The summed E-state index contributed by atoms with van der Waals surface area (Å²) in [5.74, 6) is -0.115. The molecule has 0 radical (unpaired) electrons. The maximum Gasteiger partial charge on any atom is 0.412 e. The van der Waals surface area contributed by atoms with E-state index >= 15 is 0 Å². The average Bonchev–Trinajstić information content (AvgIpc) is 2.29. The molecule has 7 heteroatoms. The molecule has 96 valence electrons. The molecule has 18 heavy (non-hydrogen) atoms. The molecule has 0 bridgehead atoms. The lowest BCUT2D eigenvalue weighted by Gasteiger charge is -2.07. The number of carbonyl (C=O) groups excluding carboxylic acids is 1. The van der Waals surface area contributed by atoms with Gasteiger partial charge in [0, 0.05) is 11.3 Å². The number of amides is 2. The van der Waals surface area contributed by atoms with Crippen LogP contribution in [0.1, 0.15) is 12.5 Å². The lowest BCUT2D eigenvalue weighted by Crippen LogP contribution is -2.31. The van der Waals surface area contributed by atoms with Crippen LogP contribution >= 0.6 is 0 Å². The van der Waals surface area contributed by atoms with Gasteiger partial charge in [-0.05, 0) is 31.2 Å². The predicted molar refractivity (Wildman–Crippen MR) is 65.1 cm³/mol. The molecule has 0 saturated heterocycles. The van der Waals surface area contributed by atoms with Gasteiger partial charge in [0.15, 0.2) is 0 Å². The van der Waals surface area contributed by atoms with Gasteiger partial charge < -0.3 is 9.84 Å². The Hall–Kier alpha value is -2.57. The number of anilines is 1. The van der Waals surface area contributed by atoms with Gasteiger partial charge in [0.2, 0.25) is 0 Å². The normalized spacial score (nSPS) is 9.39. The van der Waals surface area contributed by atoms with Crippen molar-refractivity contribution < 1.29 is 19.4 Å². The molecular weight excluding hydrogens is 238 g/mol. The van der Waals surface area contributed by atoms with Crippen molar-refractivity contribution in [3.05, 3.63) is 29.8 Å². The molecule has 0 unspecified atom stereocenters. The van der Waals surface area contributed by atoms with Crippen LogP contribution in [-0.4, -0.2) is 29.7 Å². The number of ether oxygens (including phenoxy) is 1. The van der Waals surface area contributed by atoms with E-state index in [2.05, 4.69) is 15.4 Å². The molecule has 1 aromatic carbocycles. The van der Waals surface area contributed by atoms with Gasteiger partial charge in [-0.15, -0.1) is 0 Å². The van der Waals surface area contributed by atoms with Crippen molar-refractivity contribution in [1.29, 1.82) is 5.41 Å². The first kappa shape index (κ1) is 13.5. The highest BCUT2D eigenvalue weighted by molar-refractivity contribution is 6.04. The Kier molecular flexibility index (Phi) is 4.67. The molecule has 2 amide bonds. The molecule has 4 N–H and O–H groups in total. The zero-order valence-corrected chi connectivity index (χ0v) is 9.69. The van der Waals surface area contributed by atoms with E-state index in [0.29, 0.717) is 11.3 Å². The second-order valence-corrected chi connectivity index (χ2v) is 3.23. The van der Waals surface area contributed by atoms with E-state index < -0.39 is 12.2 Å². The summed E-state index contributed by atoms with van der Waals surface area (Å²) in [6.07, 6.45) is -1.86. The molecular formula is C11H13N3O4. The minimum Gasteiger partial charge on any atom is -0.465 e. The summed E-state index contributed by atoms with van der Waals surface area (Å²) >= 11 is 0. The van der Waals surface area contributed by atoms with Crippen LogP contribution in [-0.2, 0) is 4.74 Å². The van der Waals surface area contributed by atoms with E-state index in [9.17, 15) is 9.59 Å². The summed E-state index contributed by atoms with van der Waals surface area (Å²) < 4.78 is 4.63. The Morgan fingerprint density at radius 3 is 2.44 bits per heavy atom. The summed E-state index contributed by atoms with van der Waals surface area (Å²) in [5, 5.41) is 20.5. The largest absolute Gasteiger partial charge is 0.465 e. The topological polar surface area (TPSA) is 112 Å². The van der Waals surface area contributed by atoms with Crippen molar-refractivity contribution in [2.75, 3.05) is 11.9 Å². The minimum absolute atomic E-state index is 0.115. The third-order valence-corrected chi connectivity index (χ3v) is 1.93. The first-order valence-electron chi connectivity index (χ1n) is 5.15. The number of amidine groups is 1. The van der Waals surface area contributed by atoms with Crippen molar-refractivity contribution in [3.63, 3.8) is 0 Å². The Balaban J connectivity index is 2.64. The van der Waals surface area contributed by atoms with Crippen molar-refractivity contribution in [2.45, 2.75) is 6.92 Å². The molecule has 0 saturated carbocycles. The number of carboxylic acid groups (broad SMARTS) is 1. The number of rotatable bonds is 3. The van der Waals surface area contributed by atoms with E-state index in [1.807, 2.05) is 0 Å². The van der Waals surface area contributed by atoms with Crippen molar-refractivity contribution in [2.24, 2.45) is 0 Å². The van der Waals surface area contributed by atoms with E-state index in [-0.39, 0.29) is 12.4 Å². The van der Waals surface area contributed by atoms with Gasteiger partial charge in [0.1, 0.15) is 5.84 Å². The van der Waals surface area contributed by atoms with Gasteiger partial charge in [-0.1, -0.05) is 0 Å². The Morgan fingerprint density at radius 1 is 1.33 bits per heavy atom. The average molecular weight is 251 g/mol. The standard InChI is InChI=1S/C11H13N3O4/c1-2-18-11(17)14-9(12)7-3-5-8(6-4-7)13-10(15)16/h3-6,13H,2H2,1H3,(H,15,16)(H2,12,14,17). The molecule has 0 spiro atoms. The molecule has 0 heterocycles. The van der Waals surface area contributed by atoms with Crippen LogP contribution in [0.25, 0.3) is 0 Å². The van der Waals surface area contributed by atoms with Gasteiger partial charge in [-0.2, -0.15) is 0 Å². The van der Waals surface area contributed by atoms with Gasteiger partial charge in [0.25, 0.3) is 0 Å². The summed E-state index contributed by atoms with van der Waals surface area (Å²) in [6.45, 7) is 1.89. The van der Waals surface area contributed by atoms with Gasteiger partial charge in [0.05, 0.1) is 6.61 Å². The number of nitrogens with one attached hydrogen (secondary N) is 3. The van der Waals surface area contributed by atoms with Crippen LogP contribution in [0.2, 0.25) is 0 Å². The molecule has 0 fully saturated rings. The van der Waals surface area contributed by atoms with Crippen LogP contribution < -0.4 is 10.6 Å². The molecule has 7 nitrogen and oxygen atoms in total. The third-order valence-electron chi connectivity index (χ3n) is 1.93. The van der Waals surface area contributed by atoms with Gasteiger partial charge in [-0.3, -0.25) is 16.0 Å². The van der Waals surface area contributed by atoms with Crippen molar-refractivity contribution in [3.8, 4) is 0 Å². The summed E-state index contributed by atoms with van der Waals surface area (Å²) in [5.41, 5.74) is 0.828. The van der Waals surface area contributed by atoms with Gasteiger partial charge >= 0.3 is 12.2 Å². The number of hydrogen-bond acceptors (Lipinski definition) is 4. The maximum atomic E-state index is 11.1. The van der Waals surface area contributed by atoms with Gasteiger partial charge in [-0.25, -0.2) is 9.59 Å². The smallest absolute Gasteiger partial charge is 0.412 e. The fourth-order valence-corrected chi connectivity index (χ4v) is 1.19. The molecule has 0 aliphatic heterocycles. The lowest BCUT2D eigenvalue weighted by atomic mass is 10.2. The summed E-state index contributed by atoms with van der Waals surface area (Å²) in [6, 6.07) is 6.01. The fraction of sp³-hybridized carbons (Fsp3) is 0.182. The number of carbonyl (C=O) groups is 2. The Labute approximate surface area is 103 Å². The zero-order chi connectivity index (χ0) is 13.5. The number of benzene rings is 1. The van der Waals surface area contributed by atoms with Crippen LogP contribution in [0.4, 0.5) is 15.3 Å². The second-order valence-electron chi connectivity index (χ2n) is 3.23. The van der Waals surface area contributed by atoms with E-state index in [1.54, 1.807) is 6.92 Å². The summed E-state index contributed by atoms with van der Waals surface area (Å²) in [4.78, 5) is 21.5. The number of alkyl carbamates (subject to hydrolysis) is 1. The molecule has 1 aromatic rings. The lowest BCUT2D eigenvalue weighted by molar-refractivity contribution is 0.158. The maximum absolute atomic E-state index is 11.1. The highest BCUT2D eigenvalue weighted by atomic mass is 16.5. The Morgan fingerprint density at radius 2 is 1.94 bits per heavy atom. The van der Waals surface area contributed by atoms with E-state index in [4.69, 9.17) is 10.5 Å². The van der Waals surface area contributed by atoms with Crippen LogP contribution in [0.5, 0.6) is 0 Å². The predicted octanol–water partition coefficient (Wildman–Crippen LogP) is 1.85. The first-order valence-corrected chi connectivity index (χ1v) is 5.15. The first-order chi connectivity index (χ1) is 8.52.